The molecule has 0 spiro atoms. The van der Waals surface area contributed by atoms with E-state index in [4.69, 9.17) is 10.8 Å². The van der Waals surface area contributed by atoms with Crippen LogP contribution in [0.4, 0.5) is 0 Å². The molecular formula is C7H9N3O3. The van der Waals surface area contributed by atoms with Crippen molar-refractivity contribution in [1.29, 1.82) is 0 Å². The van der Waals surface area contributed by atoms with Gasteiger partial charge in [-0.3, -0.25) is 9.48 Å². The molecule has 0 fully saturated rings. The lowest BCUT2D eigenvalue weighted by atomic mass is 10.3. The molecule has 70 valence electrons. The predicted molar refractivity (Wildman–Crippen MR) is 43.1 cm³/mol. The minimum atomic E-state index is -1.01. The van der Waals surface area contributed by atoms with Crippen LogP contribution in [-0.2, 0) is 4.79 Å². The minimum Gasteiger partial charge on any atom is -0.480 e. The lowest BCUT2D eigenvalue weighted by Gasteiger charge is -2.04. The lowest BCUT2D eigenvalue weighted by molar-refractivity contribution is -0.140. The van der Waals surface area contributed by atoms with E-state index in [2.05, 4.69) is 5.10 Å². The first kappa shape index (κ1) is 9.24. The number of hydrogen-bond acceptors (Lipinski definition) is 3. The Morgan fingerprint density at radius 1 is 1.69 bits per heavy atom. The summed E-state index contributed by atoms with van der Waals surface area (Å²) in [6, 6.07) is -0.798. The van der Waals surface area contributed by atoms with Crippen LogP contribution >= 0.6 is 0 Å². The number of aliphatic carboxylic acids is 1. The van der Waals surface area contributed by atoms with E-state index in [1.807, 2.05) is 0 Å². The van der Waals surface area contributed by atoms with Crippen molar-refractivity contribution in [3.8, 4) is 0 Å². The maximum atomic E-state index is 10.6. The third-order valence-electron chi connectivity index (χ3n) is 1.64. The fourth-order valence-electron chi connectivity index (χ4n) is 0.790. The molecule has 1 heterocycles. The molecule has 0 radical (unpaired) electrons. The van der Waals surface area contributed by atoms with Crippen LogP contribution in [0.5, 0.6) is 0 Å². The van der Waals surface area contributed by atoms with Gasteiger partial charge in [-0.1, -0.05) is 0 Å². The quantitative estimate of drug-likeness (QED) is 0.667. The van der Waals surface area contributed by atoms with Crippen LogP contribution in [0.25, 0.3) is 0 Å². The van der Waals surface area contributed by atoms with Gasteiger partial charge in [-0.25, -0.2) is 4.79 Å². The second-order valence-electron chi connectivity index (χ2n) is 2.59. The Bertz CT molecular complexity index is 345. The number of primary amides is 1. The van der Waals surface area contributed by atoms with Gasteiger partial charge >= 0.3 is 5.97 Å². The molecule has 1 rings (SSSR count). The summed E-state index contributed by atoms with van der Waals surface area (Å²) in [4.78, 5) is 21.1. The van der Waals surface area contributed by atoms with Crippen molar-refractivity contribution < 1.29 is 14.7 Å². The monoisotopic (exact) mass is 183 g/mol. The Labute approximate surface area is 74.0 Å². The summed E-state index contributed by atoms with van der Waals surface area (Å²) >= 11 is 0. The molecule has 1 amide bonds. The fraction of sp³-hybridized carbons (Fsp3) is 0.286. The van der Waals surface area contributed by atoms with Gasteiger partial charge in [0.1, 0.15) is 6.04 Å². The topological polar surface area (TPSA) is 98.2 Å². The number of carboxylic acid groups (broad SMARTS) is 1. The van der Waals surface area contributed by atoms with Crippen LogP contribution in [-0.4, -0.2) is 26.8 Å². The molecular weight excluding hydrogens is 174 g/mol. The summed E-state index contributed by atoms with van der Waals surface area (Å²) in [5.41, 5.74) is 5.17. The summed E-state index contributed by atoms with van der Waals surface area (Å²) in [5.74, 6) is -1.64. The van der Waals surface area contributed by atoms with E-state index in [0.29, 0.717) is 0 Å². The van der Waals surface area contributed by atoms with Crippen LogP contribution < -0.4 is 5.73 Å². The predicted octanol–water partition coefficient (Wildman–Crippen LogP) is -0.372. The zero-order valence-corrected chi connectivity index (χ0v) is 6.97. The van der Waals surface area contributed by atoms with Gasteiger partial charge in [-0.15, -0.1) is 0 Å². The van der Waals surface area contributed by atoms with Crippen LogP contribution in [0, 0.1) is 0 Å². The number of nitrogens with two attached hydrogens (primary N) is 1. The van der Waals surface area contributed by atoms with Gasteiger partial charge in [0.25, 0.3) is 5.91 Å². The van der Waals surface area contributed by atoms with E-state index in [1.54, 1.807) is 0 Å². The first-order valence-electron chi connectivity index (χ1n) is 3.59. The third kappa shape index (κ3) is 1.84. The highest BCUT2D eigenvalue weighted by Gasteiger charge is 2.15. The molecule has 0 aliphatic heterocycles. The van der Waals surface area contributed by atoms with Gasteiger partial charge in [0.2, 0.25) is 0 Å². The van der Waals surface area contributed by atoms with Crippen molar-refractivity contribution in [3.63, 3.8) is 0 Å². The molecule has 0 aromatic carbocycles. The van der Waals surface area contributed by atoms with E-state index in [9.17, 15) is 9.59 Å². The highest BCUT2D eigenvalue weighted by atomic mass is 16.4. The summed E-state index contributed by atoms with van der Waals surface area (Å²) in [6.45, 7) is 1.46. The van der Waals surface area contributed by atoms with Crippen molar-refractivity contribution in [1.82, 2.24) is 9.78 Å². The molecule has 0 bridgehead atoms. The minimum absolute atomic E-state index is 0.202. The molecule has 1 atom stereocenters. The summed E-state index contributed by atoms with van der Waals surface area (Å²) in [6.07, 6.45) is 2.54. The van der Waals surface area contributed by atoms with Gasteiger partial charge in [0.15, 0.2) is 0 Å². The number of carbonyl (C=O) groups is 2. The van der Waals surface area contributed by atoms with Crippen LogP contribution in [0.3, 0.4) is 0 Å². The molecule has 1 aromatic heterocycles. The summed E-state index contributed by atoms with van der Waals surface area (Å²) in [7, 11) is 0. The summed E-state index contributed by atoms with van der Waals surface area (Å²) in [5, 5.41) is 12.3. The standard InChI is InChI=1S/C7H9N3O3/c1-4(7(12)13)10-3-5(2-9-10)6(8)11/h2-4H,1H3,(H2,8,11)(H,12,13)/t4-/m1/s1. The Morgan fingerprint density at radius 2 is 2.31 bits per heavy atom. The smallest absolute Gasteiger partial charge is 0.328 e. The van der Waals surface area contributed by atoms with Crippen molar-refractivity contribution in [3.05, 3.63) is 18.0 Å². The number of hydrogen-bond donors (Lipinski definition) is 2. The van der Waals surface area contributed by atoms with Crippen LogP contribution in [0.15, 0.2) is 12.4 Å². The molecule has 0 aliphatic rings. The molecule has 6 nitrogen and oxygen atoms in total. The van der Waals surface area contributed by atoms with E-state index < -0.39 is 17.9 Å². The molecule has 13 heavy (non-hydrogen) atoms. The Balaban J connectivity index is 2.91. The van der Waals surface area contributed by atoms with E-state index in [1.165, 1.54) is 24.0 Å². The first-order valence-corrected chi connectivity index (χ1v) is 3.59. The highest BCUT2D eigenvalue weighted by molar-refractivity contribution is 5.92. The van der Waals surface area contributed by atoms with Gasteiger partial charge < -0.3 is 10.8 Å². The van der Waals surface area contributed by atoms with Crippen molar-refractivity contribution in [2.45, 2.75) is 13.0 Å². The van der Waals surface area contributed by atoms with E-state index >= 15 is 0 Å². The molecule has 0 aliphatic carbocycles. The highest BCUT2D eigenvalue weighted by Crippen LogP contribution is 2.05. The van der Waals surface area contributed by atoms with E-state index in [-0.39, 0.29) is 5.56 Å². The second-order valence-corrected chi connectivity index (χ2v) is 2.59. The van der Waals surface area contributed by atoms with Crippen molar-refractivity contribution in [2.75, 3.05) is 0 Å². The Hall–Kier alpha value is -1.85. The third-order valence-corrected chi connectivity index (χ3v) is 1.64. The van der Waals surface area contributed by atoms with Crippen LogP contribution in [0.1, 0.15) is 23.3 Å². The molecule has 0 saturated carbocycles. The number of carboxylic acids is 1. The number of aromatic nitrogens is 2. The number of carbonyl (C=O) groups excluding carboxylic acids is 1. The molecule has 0 unspecified atom stereocenters. The number of rotatable bonds is 3. The average molecular weight is 183 g/mol. The largest absolute Gasteiger partial charge is 0.480 e. The van der Waals surface area contributed by atoms with Crippen molar-refractivity contribution >= 4 is 11.9 Å². The molecule has 1 aromatic rings. The maximum Gasteiger partial charge on any atom is 0.328 e. The number of amides is 1. The molecule has 6 heteroatoms. The SMILES string of the molecule is C[C@H](C(=O)O)n1cc(C(N)=O)cn1. The maximum absolute atomic E-state index is 10.6. The Kier molecular flexibility index (Phi) is 2.32. The molecule has 3 N–H and O–H groups in total. The zero-order valence-electron chi connectivity index (χ0n) is 6.97. The Morgan fingerprint density at radius 3 is 2.69 bits per heavy atom. The van der Waals surface area contributed by atoms with Crippen LogP contribution in [0.2, 0.25) is 0 Å². The summed E-state index contributed by atoms with van der Waals surface area (Å²) < 4.78 is 1.17. The molecule has 0 saturated heterocycles. The normalized spacial score (nSPS) is 12.4. The van der Waals surface area contributed by atoms with Gasteiger partial charge in [-0.05, 0) is 6.92 Å². The van der Waals surface area contributed by atoms with Gasteiger partial charge in [0, 0.05) is 6.20 Å². The van der Waals surface area contributed by atoms with Crippen molar-refractivity contribution in [2.24, 2.45) is 5.73 Å². The fourth-order valence-corrected chi connectivity index (χ4v) is 0.790. The van der Waals surface area contributed by atoms with E-state index in [0.717, 1.165) is 0 Å². The van der Waals surface area contributed by atoms with Gasteiger partial charge in [-0.2, -0.15) is 5.10 Å². The number of nitrogens with zero attached hydrogens (tertiary/aromatic N) is 2. The lowest BCUT2D eigenvalue weighted by Crippen LogP contribution is -2.16. The average Bonchev–Trinajstić information content (AvgIpc) is 2.50. The second kappa shape index (κ2) is 3.26. The zero-order chi connectivity index (χ0) is 10.0. The van der Waals surface area contributed by atoms with Gasteiger partial charge in [0.05, 0.1) is 11.8 Å². The first-order chi connectivity index (χ1) is 6.02.